The third kappa shape index (κ3) is 4.20. The zero-order valence-electron chi connectivity index (χ0n) is 12.2. The number of hydrogen-bond acceptors (Lipinski definition) is 2. The van der Waals surface area contributed by atoms with Crippen molar-refractivity contribution in [3.63, 3.8) is 0 Å². The van der Waals surface area contributed by atoms with Crippen LogP contribution in [0.25, 0.3) is 0 Å². The molecule has 20 heavy (non-hydrogen) atoms. The van der Waals surface area contributed by atoms with Crippen LogP contribution in [0.15, 0.2) is 36.4 Å². The summed E-state index contributed by atoms with van der Waals surface area (Å²) in [6.07, 6.45) is 4.35. The van der Waals surface area contributed by atoms with Crippen LogP contribution in [0.1, 0.15) is 49.2 Å². The summed E-state index contributed by atoms with van der Waals surface area (Å²) in [6, 6.07) is 12.4. The molecule has 0 saturated carbocycles. The average molecular weight is 264 g/mol. The van der Waals surface area contributed by atoms with E-state index in [-0.39, 0.29) is 0 Å². The lowest BCUT2D eigenvalue weighted by Crippen LogP contribution is -1.94. The second-order valence-electron chi connectivity index (χ2n) is 4.86. The summed E-state index contributed by atoms with van der Waals surface area (Å²) in [5.74, 6) is 6.19. The van der Waals surface area contributed by atoms with Gasteiger partial charge in [0.15, 0.2) is 0 Å². The number of benzene rings is 1. The summed E-state index contributed by atoms with van der Waals surface area (Å²) in [5.41, 5.74) is 4.13. The van der Waals surface area contributed by atoms with Crippen LogP contribution >= 0.6 is 0 Å². The molecule has 0 aliphatic heterocycles. The fourth-order valence-corrected chi connectivity index (χ4v) is 2.00. The van der Waals surface area contributed by atoms with E-state index in [1.165, 1.54) is 12.0 Å². The molecule has 1 aromatic heterocycles. The first kappa shape index (κ1) is 14.3. The molecule has 0 N–H and O–H groups in total. The molecule has 2 aromatic rings. The molecule has 0 saturated heterocycles. The predicted molar refractivity (Wildman–Crippen MR) is 82.4 cm³/mol. The molecule has 102 valence electrons. The van der Waals surface area contributed by atoms with Gasteiger partial charge in [-0.05, 0) is 48.6 Å². The largest absolute Gasteiger partial charge is 0.154 e. The van der Waals surface area contributed by atoms with Crippen LogP contribution in [0, 0.1) is 11.8 Å². The molecule has 0 atom stereocenters. The molecule has 0 fully saturated rings. The highest BCUT2D eigenvalue weighted by Crippen LogP contribution is 2.06. The maximum absolute atomic E-state index is 4.17. The van der Waals surface area contributed by atoms with Crippen LogP contribution in [0.2, 0.25) is 0 Å². The van der Waals surface area contributed by atoms with Gasteiger partial charge in [0.25, 0.3) is 0 Å². The molecule has 0 unspecified atom stereocenters. The van der Waals surface area contributed by atoms with Gasteiger partial charge in [-0.1, -0.05) is 44.7 Å². The molecule has 0 aliphatic carbocycles. The lowest BCUT2D eigenvalue weighted by atomic mass is 10.1. The number of rotatable bonds is 4. The Morgan fingerprint density at radius 1 is 0.800 bits per heavy atom. The number of hydrogen-bond donors (Lipinski definition) is 0. The lowest BCUT2D eigenvalue weighted by Gasteiger charge is -1.97. The highest BCUT2D eigenvalue weighted by molar-refractivity contribution is 5.40. The van der Waals surface area contributed by atoms with E-state index in [1.54, 1.807) is 0 Å². The van der Waals surface area contributed by atoms with Crippen molar-refractivity contribution in [1.29, 1.82) is 0 Å². The Labute approximate surface area is 121 Å². The predicted octanol–water partition coefficient (Wildman–Crippen LogP) is 3.78. The summed E-state index contributed by atoms with van der Waals surface area (Å²) in [6.45, 7) is 4.33. The van der Waals surface area contributed by atoms with Crippen LogP contribution in [0.4, 0.5) is 0 Å². The van der Waals surface area contributed by atoms with Gasteiger partial charge in [0.05, 0.1) is 5.69 Å². The Bertz CT molecular complexity index is 533. The third-order valence-corrected chi connectivity index (χ3v) is 3.05. The van der Waals surface area contributed by atoms with E-state index in [2.05, 4.69) is 60.2 Å². The summed E-state index contributed by atoms with van der Waals surface area (Å²) in [5, 5.41) is 8.30. The van der Waals surface area contributed by atoms with Crippen LogP contribution in [0.3, 0.4) is 0 Å². The first-order chi connectivity index (χ1) is 9.81. The van der Waals surface area contributed by atoms with Gasteiger partial charge in [0.2, 0.25) is 0 Å². The van der Waals surface area contributed by atoms with Crippen LogP contribution < -0.4 is 0 Å². The van der Waals surface area contributed by atoms with Gasteiger partial charge < -0.3 is 0 Å². The van der Waals surface area contributed by atoms with Gasteiger partial charge in [-0.25, -0.2) is 0 Å². The van der Waals surface area contributed by atoms with Gasteiger partial charge in [0, 0.05) is 5.56 Å². The average Bonchev–Trinajstić information content (AvgIpc) is 2.49. The second kappa shape index (κ2) is 7.45. The molecule has 0 spiro atoms. The summed E-state index contributed by atoms with van der Waals surface area (Å²) >= 11 is 0. The van der Waals surface area contributed by atoms with Crippen LogP contribution in [0.5, 0.6) is 0 Å². The van der Waals surface area contributed by atoms with E-state index in [1.807, 2.05) is 12.1 Å². The first-order valence-corrected chi connectivity index (χ1v) is 7.25. The van der Waals surface area contributed by atoms with Crippen molar-refractivity contribution in [1.82, 2.24) is 10.2 Å². The van der Waals surface area contributed by atoms with Crippen molar-refractivity contribution >= 4 is 0 Å². The quantitative estimate of drug-likeness (QED) is 0.785. The van der Waals surface area contributed by atoms with Gasteiger partial charge in [-0.15, -0.1) is 5.10 Å². The van der Waals surface area contributed by atoms with Gasteiger partial charge in [0.1, 0.15) is 5.69 Å². The number of nitrogens with zero attached hydrogens (tertiary/aromatic N) is 2. The minimum Gasteiger partial charge on any atom is -0.154 e. The van der Waals surface area contributed by atoms with Crippen LogP contribution in [-0.4, -0.2) is 10.2 Å². The SMILES string of the molecule is CCCc1ccc(C#Cc2ccc(CCC)nn2)cc1. The molecule has 0 bridgehead atoms. The van der Waals surface area contributed by atoms with Crippen LogP contribution in [-0.2, 0) is 12.8 Å². The third-order valence-electron chi connectivity index (χ3n) is 3.05. The molecule has 2 rings (SSSR count). The van der Waals surface area contributed by atoms with E-state index in [9.17, 15) is 0 Å². The molecule has 2 heteroatoms. The Balaban J connectivity index is 2.05. The lowest BCUT2D eigenvalue weighted by molar-refractivity contribution is 0.835. The zero-order valence-corrected chi connectivity index (χ0v) is 12.2. The van der Waals surface area contributed by atoms with Crippen molar-refractivity contribution in [2.45, 2.75) is 39.5 Å². The smallest absolute Gasteiger partial charge is 0.136 e. The summed E-state index contributed by atoms with van der Waals surface area (Å²) in [4.78, 5) is 0. The standard InChI is InChI=1S/C18H20N2/c1-3-5-15-7-9-16(10-8-15)11-12-18-14-13-17(6-4-2)19-20-18/h7-10,13-14H,3-6H2,1-2H3. The highest BCUT2D eigenvalue weighted by atomic mass is 15.1. The van der Waals surface area contributed by atoms with Gasteiger partial charge in [-0.3, -0.25) is 0 Å². The molecule has 0 aliphatic rings. The molecule has 2 nitrogen and oxygen atoms in total. The molecule has 1 heterocycles. The van der Waals surface area contributed by atoms with Crippen molar-refractivity contribution in [3.05, 3.63) is 58.9 Å². The molecular formula is C18H20N2. The van der Waals surface area contributed by atoms with Gasteiger partial charge >= 0.3 is 0 Å². The fraction of sp³-hybridized carbons (Fsp3) is 0.333. The number of aryl methyl sites for hydroxylation is 2. The normalized spacial score (nSPS) is 9.90. The van der Waals surface area contributed by atoms with Crippen molar-refractivity contribution in [2.75, 3.05) is 0 Å². The molecule has 0 amide bonds. The van der Waals surface area contributed by atoms with E-state index >= 15 is 0 Å². The zero-order chi connectivity index (χ0) is 14.2. The topological polar surface area (TPSA) is 25.8 Å². The molecule has 1 aromatic carbocycles. The van der Waals surface area contributed by atoms with E-state index in [0.29, 0.717) is 0 Å². The monoisotopic (exact) mass is 264 g/mol. The van der Waals surface area contributed by atoms with Crippen molar-refractivity contribution < 1.29 is 0 Å². The summed E-state index contributed by atoms with van der Waals surface area (Å²) < 4.78 is 0. The van der Waals surface area contributed by atoms with Crippen molar-refractivity contribution in [2.24, 2.45) is 0 Å². The van der Waals surface area contributed by atoms with E-state index in [0.717, 1.165) is 36.2 Å². The minimum atomic E-state index is 0.725. The minimum absolute atomic E-state index is 0.725. The second-order valence-corrected chi connectivity index (χ2v) is 4.86. The van der Waals surface area contributed by atoms with Gasteiger partial charge in [-0.2, -0.15) is 5.10 Å². The van der Waals surface area contributed by atoms with E-state index in [4.69, 9.17) is 0 Å². The Kier molecular flexibility index (Phi) is 5.32. The highest BCUT2D eigenvalue weighted by Gasteiger charge is 1.95. The Morgan fingerprint density at radius 2 is 1.55 bits per heavy atom. The molecular weight excluding hydrogens is 244 g/mol. The fourth-order valence-electron chi connectivity index (χ4n) is 2.00. The Morgan fingerprint density at radius 3 is 2.15 bits per heavy atom. The molecule has 0 radical (unpaired) electrons. The number of aromatic nitrogens is 2. The maximum atomic E-state index is 4.17. The maximum Gasteiger partial charge on any atom is 0.136 e. The first-order valence-electron chi connectivity index (χ1n) is 7.25. The Hall–Kier alpha value is -2.14. The summed E-state index contributed by atoms with van der Waals surface area (Å²) in [7, 11) is 0. The van der Waals surface area contributed by atoms with Crippen molar-refractivity contribution in [3.8, 4) is 11.8 Å². The van der Waals surface area contributed by atoms with E-state index < -0.39 is 0 Å².